The first kappa shape index (κ1) is 18.0. The van der Waals surface area contributed by atoms with E-state index in [1.54, 1.807) is 36.0 Å². The van der Waals surface area contributed by atoms with Gasteiger partial charge in [0.1, 0.15) is 18.1 Å². The molecule has 0 saturated heterocycles. The average Bonchev–Trinajstić information content (AvgIpc) is 2.94. The Balaban J connectivity index is 1.74. The molecule has 7 heteroatoms. The largest absolute Gasteiger partial charge is 0.425 e. The first-order valence-electron chi connectivity index (χ1n) is 8.08. The van der Waals surface area contributed by atoms with E-state index in [-0.39, 0.29) is 18.4 Å². The SMILES string of the molecule is CSCc1nc2ccccc2n1CC(=O)Oc1ccc(NC(C)=O)cc1. The third-order valence-electron chi connectivity index (χ3n) is 3.70. The maximum atomic E-state index is 12.4. The molecule has 6 nitrogen and oxygen atoms in total. The van der Waals surface area contributed by atoms with Crippen LogP contribution in [-0.4, -0.2) is 27.7 Å². The fourth-order valence-electron chi connectivity index (χ4n) is 2.64. The number of benzene rings is 2. The number of imidazole rings is 1. The number of esters is 1. The number of nitrogens with zero attached hydrogens (tertiary/aromatic N) is 2. The van der Waals surface area contributed by atoms with Gasteiger partial charge in [0.05, 0.1) is 16.8 Å². The van der Waals surface area contributed by atoms with Crippen LogP contribution in [0, 0.1) is 0 Å². The smallest absolute Gasteiger partial charge is 0.331 e. The number of amides is 1. The number of carbonyl (C=O) groups is 2. The van der Waals surface area contributed by atoms with Crippen LogP contribution in [-0.2, 0) is 21.9 Å². The predicted octanol–water partition coefficient (Wildman–Crippen LogP) is 3.46. The molecule has 0 atom stereocenters. The molecule has 0 aliphatic carbocycles. The first-order valence-corrected chi connectivity index (χ1v) is 9.47. The summed E-state index contributed by atoms with van der Waals surface area (Å²) in [5.41, 5.74) is 2.43. The van der Waals surface area contributed by atoms with Crippen LogP contribution >= 0.6 is 11.8 Å². The molecule has 134 valence electrons. The quantitative estimate of drug-likeness (QED) is 0.532. The molecule has 26 heavy (non-hydrogen) atoms. The summed E-state index contributed by atoms with van der Waals surface area (Å²) in [4.78, 5) is 28.0. The number of para-hydroxylation sites is 2. The highest BCUT2D eigenvalue weighted by molar-refractivity contribution is 7.97. The fraction of sp³-hybridized carbons (Fsp3) is 0.211. The maximum Gasteiger partial charge on any atom is 0.331 e. The molecular weight excluding hydrogens is 350 g/mol. The maximum absolute atomic E-state index is 12.4. The number of rotatable bonds is 6. The van der Waals surface area contributed by atoms with Crippen LogP contribution in [0.3, 0.4) is 0 Å². The van der Waals surface area contributed by atoms with Crippen molar-refractivity contribution in [2.75, 3.05) is 11.6 Å². The van der Waals surface area contributed by atoms with E-state index < -0.39 is 0 Å². The molecule has 0 bridgehead atoms. The summed E-state index contributed by atoms with van der Waals surface area (Å²) in [6.07, 6.45) is 2.00. The molecule has 0 radical (unpaired) electrons. The van der Waals surface area contributed by atoms with Crippen molar-refractivity contribution in [1.82, 2.24) is 9.55 Å². The molecule has 2 aromatic carbocycles. The molecule has 1 N–H and O–H groups in total. The number of ether oxygens (including phenoxy) is 1. The summed E-state index contributed by atoms with van der Waals surface area (Å²) in [6, 6.07) is 14.4. The minimum atomic E-state index is -0.372. The normalized spacial score (nSPS) is 10.7. The number of nitrogens with one attached hydrogen (secondary N) is 1. The van der Waals surface area contributed by atoms with Crippen LogP contribution < -0.4 is 10.1 Å². The zero-order valence-corrected chi connectivity index (χ0v) is 15.4. The van der Waals surface area contributed by atoms with Crippen molar-refractivity contribution in [3.8, 4) is 5.75 Å². The highest BCUT2D eigenvalue weighted by atomic mass is 32.2. The molecule has 0 aliphatic rings. The minimum absolute atomic E-state index is 0.0872. The van der Waals surface area contributed by atoms with E-state index >= 15 is 0 Å². The van der Waals surface area contributed by atoms with Crippen LogP contribution in [0.4, 0.5) is 5.69 Å². The molecule has 3 aromatic rings. The van der Waals surface area contributed by atoms with Crippen LogP contribution in [0.5, 0.6) is 5.75 Å². The van der Waals surface area contributed by atoms with Gasteiger partial charge in [0.25, 0.3) is 0 Å². The standard InChI is InChI=1S/C19H19N3O3S/c1-13(23)20-14-7-9-15(10-8-14)25-19(24)11-22-17-6-4-3-5-16(17)21-18(22)12-26-2/h3-10H,11-12H2,1-2H3,(H,20,23). The zero-order valence-electron chi connectivity index (χ0n) is 14.6. The lowest BCUT2D eigenvalue weighted by Crippen LogP contribution is -2.18. The van der Waals surface area contributed by atoms with Gasteiger partial charge in [-0.1, -0.05) is 12.1 Å². The van der Waals surface area contributed by atoms with Gasteiger partial charge in [-0.05, 0) is 42.7 Å². The number of hydrogen-bond acceptors (Lipinski definition) is 5. The van der Waals surface area contributed by atoms with Gasteiger partial charge in [-0.2, -0.15) is 11.8 Å². The summed E-state index contributed by atoms with van der Waals surface area (Å²) in [7, 11) is 0. The molecule has 0 fully saturated rings. The fourth-order valence-corrected chi connectivity index (χ4v) is 3.12. The Morgan fingerprint density at radius 1 is 1.15 bits per heavy atom. The first-order chi connectivity index (χ1) is 12.6. The summed E-state index contributed by atoms with van der Waals surface area (Å²) < 4.78 is 7.31. The van der Waals surface area contributed by atoms with E-state index in [0.717, 1.165) is 16.9 Å². The molecular formula is C19H19N3O3S. The van der Waals surface area contributed by atoms with Crippen LogP contribution in [0.25, 0.3) is 11.0 Å². The Labute approximate surface area is 155 Å². The molecule has 1 aromatic heterocycles. The second-order valence-electron chi connectivity index (χ2n) is 5.72. The third kappa shape index (κ3) is 4.23. The summed E-state index contributed by atoms with van der Waals surface area (Å²) in [5.74, 6) is 1.47. The van der Waals surface area contributed by atoms with Crippen molar-refractivity contribution in [3.05, 3.63) is 54.4 Å². The molecule has 1 amide bonds. The average molecular weight is 369 g/mol. The zero-order chi connectivity index (χ0) is 18.5. The lowest BCUT2D eigenvalue weighted by Gasteiger charge is -2.09. The van der Waals surface area contributed by atoms with Crippen molar-refractivity contribution in [3.63, 3.8) is 0 Å². The van der Waals surface area contributed by atoms with Gasteiger partial charge in [-0.3, -0.25) is 4.79 Å². The van der Waals surface area contributed by atoms with Crippen LogP contribution in [0.15, 0.2) is 48.5 Å². The molecule has 3 rings (SSSR count). The van der Waals surface area contributed by atoms with E-state index in [1.807, 2.05) is 35.1 Å². The highest BCUT2D eigenvalue weighted by Crippen LogP contribution is 2.20. The van der Waals surface area contributed by atoms with Gasteiger partial charge in [-0.25, -0.2) is 9.78 Å². The summed E-state index contributed by atoms with van der Waals surface area (Å²) in [5, 5.41) is 2.67. The third-order valence-corrected chi connectivity index (χ3v) is 4.25. The van der Waals surface area contributed by atoms with Crippen molar-refractivity contribution in [2.24, 2.45) is 0 Å². The van der Waals surface area contributed by atoms with Crippen molar-refractivity contribution >= 4 is 40.4 Å². The molecule has 0 saturated carbocycles. The Kier molecular flexibility index (Phi) is 5.58. The number of anilines is 1. The lowest BCUT2D eigenvalue weighted by atomic mass is 10.3. The van der Waals surface area contributed by atoms with E-state index in [1.165, 1.54) is 6.92 Å². The van der Waals surface area contributed by atoms with Gasteiger partial charge in [0.2, 0.25) is 5.91 Å². The topological polar surface area (TPSA) is 73.2 Å². The Bertz CT molecular complexity index is 935. The number of carbonyl (C=O) groups excluding carboxylic acids is 2. The Morgan fingerprint density at radius 2 is 1.88 bits per heavy atom. The Morgan fingerprint density at radius 3 is 2.58 bits per heavy atom. The highest BCUT2D eigenvalue weighted by Gasteiger charge is 2.14. The van der Waals surface area contributed by atoms with Gasteiger partial charge in [0, 0.05) is 12.6 Å². The second kappa shape index (κ2) is 8.05. The number of hydrogen-bond donors (Lipinski definition) is 1. The van der Waals surface area contributed by atoms with E-state index in [0.29, 0.717) is 17.2 Å². The van der Waals surface area contributed by atoms with Crippen molar-refractivity contribution in [2.45, 2.75) is 19.2 Å². The van der Waals surface area contributed by atoms with Crippen molar-refractivity contribution in [1.29, 1.82) is 0 Å². The van der Waals surface area contributed by atoms with E-state index in [2.05, 4.69) is 10.3 Å². The van der Waals surface area contributed by atoms with Crippen molar-refractivity contribution < 1.29 is 14.3 Å². The van der Waals surface area contributed by atoms with Gasteiger partial charge in [0.15, 0.2) is 0 Å². The van der Waals surface area contributed by atoms with Gasteiger partial charge in [-0.15, -0.1) is 0 Å². The number of thioether (sulfide) groups is 1. The van der Waals surface area contributed by atoms with Crippen LogP contribution in [0.2, 0.25) is 0 Å². The molecule has 0 unspecified atom stereocenters. The van der Waals surface area contributed by atoms with Crippen LogP contribution in [0.1, 0.15) is 12.7 Å². The molecule has 1 heterocycles. The van der Waals surface area contributed by atoms with Gasteiger partial charge < -0.3 is 14.6 Å². The number of aromatic nitrogens is 2. The summed E-state index contributed by atoms with van der Waals surface area (Å²) >= 11 is 1.65. The Hall–Kier alpha value is -2.80. The second-order valence-corrected chi connectivity index (χ2v) is 6.58. The molecule has 0 spiro atoms. The molecule has 0 aliphatic heterocycles. The van der Waals surface area contributed by atoms with E-state index in [9.17, 15) is 9.59 Å². The van der Waals surface area contributed by atoms with E-state index in [4.69, 9.17) is 4.74 Å². The number of fused-ring (bicyclic) bond motifs is 1. The monoisotopic (exact) mass is 369 g/mol. The predicted molar refractivity (Wildman–Crippen MR) is 103 cm³/mol. The summed E-state index contributed by atoms with van der Waals surface area (Å²) in [6.45, 7) is 1.53. The lowest BCUT2D eigenvalue weighted by molar-refractivity contribution is -0.135. The minimum Gasteiger partial charge on any atom is -0.425 e. The van der Waals surface area contributed by atoms with Gasteiger partial charge >= 0.3 is 5.97 Å².